The molecule has 0 spiro atoms. The Balaban J connectivity index is 1.24. The molecule has 36 heavy (non-hydrogen) atoms. The van der Waals surface area contributed by atoms with Crippen LogP contribution in [0.5, 0.6) is 5.75 Å². The van der Waals surface area contributed by atoms with Crippen molar-refractivity contribution in [2.24, 2.45) is 5.10 Å². The van der Waals surface area contributed by atoms with Gasteiger partial charge in [-0.3, -0.25) is 9.59 Å². The molecular weight excluding hydrogens is 452 g/mol. The van der Waals surface area contributed by atoms with E-state index in [-0.39, 0.29) is 30.5 Å². The highest BCUT2D eigenvalue weighted by molar-refractivity contribution is 5.95. The zero-order chi connectivity index (χ0) is 25.3. The monoisotopic (exact) mass is 484 g/mol. The molecule has 186 valence electrons. The van der Waals surface area contributed by atoms with E-state index in [0.717, 1.165) is 36.2 Å². The number of amides is 2. The number of piperidine rings is 1. The van der Waals surface area contributed by atoms with E-state index in [9.17, 15) is 9.59 Å². The lowest BCUT2D eigenvalue weighted by atomic mass is 9.97. The van der Waals surface area contributed by atoms with Gasteiger partial charge in [-0.15, -0.1) is 0 Å². The van der Waals surface area contributed by atoms with Crippen molar-refractivity contribution in [1.29, 1.82) is 0 Å². The first-order valence-corrected chi connectivity index (χ1v) is 12.3. The number of carbonyl (C=O) groups excluding carboxylic acids is 2. The number of hydrazone groups is 1. The van der Waals surface area contributed by atoms with Crippen molar-refractivity contribution in [3.05, 3.63) is 90.0 Å². The van der Waals surface area contributed by atoms with E-state index < -0.39 is 0 Å². The lowest BCUT2D eigenvalue weighted by Gasteiger charge is -2.38. The smallest absolute Gasteiger partial charge is 0.271 e. The standard InChI is InChI=1S/C29H32N4O3/c1-21-7-6-8-22(2)33(21)28(34)20-36-27-17-13-24(14-18-27)29(35)32-30-19-23-11-15-26(16-12-23)31-25-9-4-3-5-10-25/h3-5,9-19,21-22,31H,6-8,20H2,1-2H3,(H,32,35)/b30-19-/t21-,22+. The molecule has 3 aromatic rings. The molecule has 7 nitrogen and oxygen atoms in total. The number of rotatable bonds is 8. The van der Waals surface area contributed by atoms with Crippen molar-refractivity contribution in [1.82, 2.24) is 10.3 Å². The highest BCUT2D eigenvalue weighted by Gasteiger charge is 2.28. The quantitative estimate of drug-likeness (QED) is 0.333. The summed E-state index contributed by atoms with van der Waals surface area (Å²) in [6.45, 7) is 4.16. The molecule has 0 radical (unpaired) electrons. The van der Waals surface area contributed by atoms with Crippen LogP contribution in [0.15, 0.2) is 84.0 Å². The van der Waals surface area contributed by atoms with Gasteiger partial charge in [-0.05, 0) is 87.2 Å². The first-order valence-electron chi connectivity index (χ1n) is 12.3. The molecule has 1 saturated heterocycles. The molecule has 0 saturated carbocycles. The van der Waals surface area contributed by atoms with Crippen LogP contribution in [-0.4, -0.2) is 41.6 Å². The number of ether oxygens (including phenoxy) is 1. The summed E-state index contributed by atoms with van der Waals surface area (Å²) in [6.07, 6.45) is 4.80. The predicted molar refractivity (Wildman–Crippen MR) is 143 cm³/mol. The Kier molecular flexibility index (Phi) is 8.34. The zero-order valence-corrected chi connectivity index (χ0v) is 20.7. The molecule has 2 atom stereocenters. The SMILES string of the molecule is C[C@@H]1CCC[C@H](C)N1C(=O)COc1ccc(C(=O)N/N=C\c2ccc(Nc3ccccc3)cc2)cc1. The molecule has 0 aromatic heterocycles. The molecule has 4 rings (SSSR count). The minimum absolute atomic E-state index is 0.00487. The van der Waals surface area contributed by atoms with Crippen LogP contribution in [-0.2, 0) is 4.79 Å². The van der Waals surface area contributed by atoms with E-state index in [4.69, 9.17) is 4.74 Å². The van der Waals surface area contributed by atoms with Crippen LogP contribution >= 0.6 is 0 Å². The van der Waals surface area contributed by atoms with Gasteiger partial charge < -0.3 is 15.0 Å². The average molecular weight is 485 g/mol. The highest BCUT2D eigenvalue weighted by atomic mass is 16.5. The number of carbonyl (C=O) groups is 2. The van der Waals surface area contributed by atoms with Gasteiger partial charge >= 0.3 is 0 Å². The minimum atomic E-state index is -0.327. The summed E-state index contributed by atoms with van der Waals surface area (Å²) in [5.41, 5.74) is 5.83. The van der Waals surface area contributed by atoms with E-state index in [2.05, 4.69) is 29.7 Å². The number of para-hydroxylation sites is 1. The fraction of sp³-hybridized carbons (Fsp3) is 0.276. The van der Waals surface area contributed by atoms with Crippen molar-refractivity contribution in [3.8, 4) is 5.75 Å². The first-order chi connectivity index (χ1) is 17.5. The number of nitrogens with one attached hydrogen (secondary N) is 2. The number of likely N-dealkylation sites (tertiary alicyclic amines) is 1. The van der Waals surface area contributed by atoms with Gasteiger partial charge in [0.15, 0.2) is 6.61 Å². The second kappa shape index (κ2) is 12.0. The number of anilines is 2. The molecule has 0 aliphatic carbocycles. The van der Waals surface area contributed by atoms with E-state index in [1.807, 2.05) is 59.5 Å². The van der Waals surface area contributed by atoms with Gasteiger partial charge in [0.1, 0.15) is 5.75 Å². The summed E-state index contributed by atoms with van der Waals surface area (Å²) in [5, 5.41) is 7.37. The summed E-state index contributed by atoms with van der Waals surface area (Å²) in [4.78, 5) is 27.0. The Bertz CT molecular complexity index is 1170. The van der Waals surface area contributed by atoms with Gasteiger partial charge in [0.05, 0.1) is 6.21 Å². The number of hydrogen-bond donors (Lipinski definition) is 2. The van der Waals surface area contributed by atoms with Crippen LogP contribution in [0.1, 0.15) is 49.0 Å². The molecular formula is C29H32N4O3. The van der Waals surface area contributed by atoms with E-state index in [1.165, 1.54) is 0 Å². The topological polar surface area (TPSA) is 83.0 Å². The molecule has 1 heterocycles. The second-order valence-electron chi connectivity index (χ2n) is 9.06. The molecule has 7 heteroatoms. The van der Waals surface area contributed by atoms with E-state index in [1.54, 1.807) is 30.5 Å². The van der Waals surface area contributed by atoms with Crippen LogP contribution in [0.25, 0.3) is 0 Å². The second-order valence-corrected chi connectivity index (χ2v) is 9.06. The number of benzene rings is 3. The van der Waals surface area contributed by atoms with Crippen LogP contribution < -0.4 is 15.5 Å². The van der Waals surface area contributed by atoms with Gasteiger partial charge in [-0.1, -0.05) is 30.3 Å². The summed E-state index contributed by atoms with van der Waals surface area (Å²) < 4.78 is 5.68. The zero-order valence-electron chi connectivity index (χ0n) is 20.7. The fourth-order valence-corrected chi connectivity index (χ4v) is 4.41. The van der Waals surface area contributed by atoms with Gasteiger partial charge in [0.2, 0.25) is 0 Å². The van der Waals surface area contributed by atoms with Crippen LogP contribution in [0, 0.1) is 0 Å². The lowest BCUT2D eigenvalue weighted by molar-refractivity contribution is -0.139. The largest absolute Gasteiger partial charge is 0.484 e. The van der Waals surface area contributed by atoms with E-state index in [0.29, 0.717) is 11.3 Å². The van der Waals surface area contributed by atoms with Crippen molar-refractivity contribution in [3.63, 3.8) is 0 Å². The van der Waals surface area contributed by atoms with Gasteiger partial charge in [-0.2, -0.15) is 5.10 Å². The van der Waals surface area contributed by atoms with Crippen molar-refractivity contribution in [2.45, 2.75) is 45.2 Å². The van der Waals surface area contributed by atoms with Gasteiger partial charge in [-0.25, -0.2) is 5.43 Å². The average Bonchev–Trinajstić information content (AvgIpc) is 2.89. The van der Waals surface area contributed by atoms with Crippen LogP contribution in [0.4, 0.5) is 11.4 Å². The van der Waals surface area contributed by atoms with Gasteiger partial charge in [0, 0.05) is 29.0 Å². The van der Waals surface area contributed by atoms with Crippen molar-refractivity contribution < 1.29 is 14.3 Å². The minimum Gasteiger partial charge on any atom is -0.484 e. The molecule has 3 aromatic carbocycles. The summed E-state index contributed by atoms with van der Waals surface area (Å²) in [6, 6.07) is 24.8. The maximum atomic E-state index is 12.6. The van der Waals surface area contributed by atoms with E-state index >= 15 is 0 Å². The fourth-order valence-electron chi connectivity index (χ4n) is 4.41. The number of nitrogens with zero attached hydrogens (tertiary/aromatic N) is 2. The molecule has 0 unspecified atom stereocenters. The molecule has 1 fully saturated rings. The first kappa shape index (κ1) is 25.0. The summed E-state index contributed by atoms with van der Waals surface area (Å²) in [7, 11) is 0. The normalized spacial score (nSPS) is 17.6. The Morgan fingerprint density at radius 1 is 0.917 bits per heavy atom. The lowest BCUT2D eigenvalue weighted by Crippen LogP contribution is -2.49. The third-order valence-electron chi connectivity index (χ3n) is 6.31. The van der Waals surface area contributed by atoms with Crippen molar-refractivity contribution >= 4 is 29.4 Å². The highest BCUT2D eigenvalue weighted by Crippen LogP contribution is 2.23. The summed E-state index contributed by atoms with van der Waals surface area (Å²) in [5.74, 6) is 0.215. The molecule has 2 amide bonds. The van der Waals surface area contributed by atoms with Crippen molar-refractivity contribution in [2.75, 3.05) is 11.9 Å². The maximum Gasteiger partial charge on any atom is 0.271 e. The third-order valence-corrected chi connectivity index (χ3v) is 6.31. The summed E-state index contributed by atoms with van der Waals surface area (Å²) >= 11 is 0. The van der Waals surface area contributed by atoms with Gasteiger partial charge in [0.25, 0.3) is 11.8 Å². The Morgan fingerprint density at radius 3 is 2.22 bits per heavy atom. The maximum absolute atomic E-state index is 12.6. The predicted octanol–water partition coefficient (Wildman–Crippen LogP) is 5.36. The van der Waals surface area contributed by atoms with Crippen LogP contribution in [0.2, 0.25) is 0 Å². The Morgan fingerprint density at radius 2 is 1.56 bits per heavy atom. The Labute approximate surface area is 212 Å². The molecule has 1 aliphatic heterocycles. The third kappa shape index (κ3) is 6.72. The molecule has 2 N–H and O–H groups in total. The molecule has 0 bridgehead atoms. The van der Waals surface area contributed by atoms with Crippen LogP contribution in [0.3, 0.4) is 0 Å². The Hall–Kier alpha value is -4.13. The number of hydrogen-bond acceptors (Lipinski definition) is 5. The molecule has 1 aliphatic rings.